The van der Waals surface area contributed by atoms with Gasteiger partial charge in [-0.1, -0.05) is 45.7 Å². The average molecular weight is 259 g/mol. The van der Waals surface area contributed by atoms with Gasteiger partial charge in [-0.05, 0) is 55.2 Å². The second-order valence-corrected chi connectivity index (χ2v) is 6.56. The number of anilines is 1. The van der Waals surface area contributed by atoms with Crippen LogP contribution in [0.4, 0.5) is 5.69 Å². The van der Waals surface area contributed by atoms with E-state index in [1.807, 2.05) is 0 Å². The minimum atomic E-state index is 0.685. The summed E-state index contributed by atoms with van der Waals surface area (Å²) in [5.74, 6) is 1.77. The molecule has 1 saturated carbocycles. The van der Waals surface area contributed by atoms with Crippen LogP contribution in [0.2, 0.25) is 0 Å². The maximum Gasteiger partial charge on any atom is 0.0345 e. The molecular weight excluding hydrogens is 230 g/mol. The van der Waals surface area contributed by atoms with Crippen molar-refractivity contribution in [3.8, 4) is 0 Å². The fraction of sp³-hybridized carbons (Fsp3) is 0.667. The molecule has 0 spiro atoms. The second-order valence-electron chi connectivity index (χ2n) is 6.56. The molecule has 0 aliphatic heterocycles. The normalized spacial score (nSPS) is 23.6. The smallest absolute Gasteiger partial charge is 0.0345 e. The topological polar surface area (TPSA) is 12.0 Å². The van der Waals surface area contributed by atoms with Crippen molar-refractivity contribution in [1.29, 1.82) is 0 Å². The van der Waals surface area contributed by atoms with Gasteiger partial charge in [0.15, 0.2) is 0 Å². The Balaban J connectivity index is 1.90. The van der Waals surface area contributed by atoms with Crippen molar-refractivity contribution in [3.05, 3.63) is 29.8 Å². The van der Waals surface area contributed by atoms with Crippen molar-refractivity contribution in [1.82, 2.24) is 0 Å². The highest BCUT2D eigenvalue weighted by Gasteiger charge is 2.22. The molecule has 1 fully saturated rings. The minimum Gasteiger partial charge on any atom is -0.382 e. The minimum absolute atomic E-state index is 0.685. The molecule has 1 heteroatoms. The van der Waals surface area contributed by atoms with Crippen molar-refractivity contribution in [2.75, 3.05) is 5.32 Å². The third-order valence-electron chi connectivity index (χ3n) is 4.29. The third-order valence-corrected chi connectivity index (χ3v) is 4.29. The summed E-state index contributed by atoms with van der Waals surface area (Å²) in [7, 11) is 0. The summed E-state index contributed by atoms with van der Waals surface area (Å²) in [6.07, 6.45) is 8.04. The van der Waals surface area contributed by atoms with Crippen molar-refractivity contribution < 1.29 is 0 Å². The van der Waals surface area contributed by atoms with Gasteiger partial charge in [-0.3, -0.25) is 0 Å². The molecule has 1 aromatic carbocycles. The van der Waals surface area contributed by atoms with Crippen molar-refractivity contribution in [2.45, 2.75) is 65.3 Å². The van der Waals surface area contributed by atoms with Crippen LogP contribution in [0.15, 0.2) is 24.3 Å². The zero-order chi connectivity index (χ0) is 13.7. The van der Waals surface area contributed by atoms with E-state index >= 15 is 0 Å². The summed E-state index contributed by atoms with van der Waals surface area (Å²) in [6, 6.07) is 9.60. The van der Waals surface area contributed by atoms with Crippen LogP contribution in [0.1, 0.15) is 58.4 Å². The summed E-state index contributed by atoms with van der Waals surface area (Å²) in [5, 5.41) is 3.76. The van der Waals surface area contributed by atoms with Crippen LogP contribution in [0.3, 0.4) is 0 Å². The zero-order valence-electron chi connectivity index (χ0n) is 12.8. The van der Waals surface area contributed by atoms with Crippen LogP contribution >= 0.6 is 0 Å². The Morgan fingerprint density at radius 1 is 1.26 bits per heavy atom. The summed E-state index contributed by atoms with van der Waals surface area (Å²) in [5.41, 5.74) is 2.74. The van der Waals surface area contributed by atoms with E-state index in [4.69, 9.17) is 0 Å². The number of rotatable bonds is 5. The standard InChI is InChI=1S/C18H29N/c1-4-15-7-5-9-17(12-15)19-18-10-6-8-16(13-18)11-14(2)3/h5,7,9,12,14,16,18-19H,4,6,8,10-11,13H2,1-3H3. The highest BCUT2D eigenvalue weighted by Crippen LogP contribution is 2.31. The van der Waals surface area contributed by atoms with Crippen molar-refractivity contribution in [2.24, 2.45) is 11.8 Å². The van der Waals surface area contributed by atoms with Gasteiger partial charge < -0.3 is 5.32 Å². The average Bonchev–Trinajstić information content (AvgIpc) is 2.38. The third kappa shape index (κ3) is 4.56. The van der Waals surface area contributed by atoms with Gasteiger partial charge in [-0.15, -0.1) is 0 Å². The lowest BCUT2D eigenvalue weighted by molar-refractivity contribution is 0.289. The highest BCUT2D eigenvalue weighted by atomic mass is 14.9. The van der Waals surface area contributed by atoms with Gasteiger partial charge in [0, 0.05) is 11.7 Å². The number of hydrogen-bond donors (Lipinski definition) is 1. The van der Waals surface area contributed by atoms with E-state index < -0.39 is 0 Å². The molecule has 106 valence electrons. The van der Waals surface area contributed by atoms with Gasteiger partial charge in [-0.2, -0.15) is 0 Å². The summed E-state index contributed by atoms with van der Waals surface area (Å²) >= 11 is 0. The molecule has 1 nitrogen and oxygen atoms in total. The lowest BCUT2D eigenvalue weighted by atomic mass is 9.81. The summed E-state index contributed by atoms with van der Waals surface area (Å²) < 4.78 is 0. The molecule has 2 rings (SSSR count). The molecule has 0 bridgehead atoms. The summed E-state index contributed by atoms with van der Waals surface area (Å²) in [4.78, 5) is 0. The number of nitrogens with one attached hydrogen (secondary N) is 1. The lowest BCUT2D eigenvalue weighted by Gasteiger charge is -2.31. The fourth-order valence-corrected chi connectivity index (χ4v) is 3.42. The fourth-order valence-electron chi connectivity index (χ4n) is 3.42. The molecule has 0 saturated heterocycles. The first kappa shape index (κ1) is 14.4. The molecule has 1 aliphatic carbocycles. The Labute approximate surface area is 118 Å². The van der Waals surface area contributed by atoms with Crippen LogP contribution in [0.5, 0.6) is 0 Å². The lowest BCUT2D eigenvalue weighted by Crippen LogP contribution is -2.28. The van der Waals surface area contributed by atoms with Crippen LogP contribution in [-0.4, -0.2) is 6.04 Å². The van der Waals surface area contributed by atoms with E-state index in [-0.39, 0.29) is 0 Å². The van der Waals surface area contributed by atoms with Gasteiger partial charge in [0.2, 0.25) is 0 Å². The molecule has 1 N–H and O–H groups in total. The van der Waals surface area contributed by atoms with E-state index in [2.05, 4.69) is 50.4 Å². The Morgan fingerprint density at radius 3 is 2.84 bits per heavy atom. The first-order valence-corrected chi connectivity index (χ1v) is 8.02. The Morgan fingerprint density at radius 2 is 2.11 bits per heavy atom. The predicted octanol–water partition coefficient (Wildman–Crippen LogP) is 5.27. The first-order valence-electron chi connectivity index (χ1n) is 8.02. The van der Waals surface area contributed by atoms with Crippen LogP contribution in [0, 0.1) is 11.8 Å². The van der Waals surface area contributed by atoms with Gasteiger partial charge >= 0.3 is 0 Å². The van der Waals surface area contributed by atoms with Crippen LogP contribution in [-0.2, 0) is 6.42 Å². The maximum atomic E-state index is 3.76. The highest BCUT2D eigenvalue weighted by molar-refractivity contribution is 5.46. The second kappa shape index (κ2) is 6.98. The van der Waals surface area contributed by atoms with E-state index in [1.165, 1.54) is 43.4 Å². The molecule has 1 aliphatic rings. The van der Waals surface area contributed by atoms with E-state index in [0.717, 1.165) is 18.3 Å². The molecule has 0 aromatic heterocycles. The van der Waals surface area contributed by atoms with Gasteiger partial charge in [-0.25, -0.2) is 0 Å². The molecule has 19 heavy (non-hydrogen) atoms. The number of benzene rings is 1. The molecule has 0 radical (unpaired) electrons. The molecule has 2 atom stereocenters. The molecule has 0 amide bonds. The Bertz CT molecular complexity index is 383. The monoisotopic (exact) mass is 259 g/mol. The Hall–Kier alpha value is -0.980. The van der Waals surface area contributed by atoms with Crippen LogP contribution in [0.25, 0.3) is 0 Å². The molecule has 2 unspecified atom stereocenters. The quantitative estimate of drug-likeness (QED) is 0.760. The molecule has 1 aromatic rings. The SMILES string of the molecule is CCc1cccc(NC2CCCC(CC(C)C)C2)c1. The van der Waals surface area contributed by atoms with Gasteiger partial charge in [0.1, 0.15) is 0 Å². The first-order chi connectivity index (χ1) is 9.17. The molecule has 0 heterocycles. The van der Waals surface area contributed by atoms with E-state index in [0.29, 0.717) is 6.04 Å². The zero-order valence-corrected chi connectivity index (χ0v) is 12.8. The largest absolute Gasteiger partial charge is 0.382 e. The van der Waals surface area contributed by atoms with Crippen molar-refractivity contribution in [3.63, 3.8) is 0 Å². The maximum absolute atomic E-state index is 3.76. The van der Waals surface area contributed by atoms with Gasteiger partial charge in [0.05, 0.1) is 0 Å². The van der Waals surface area contributed by atoms with Gasteiger partial charge in [0.25, 0.3) is 0 Å². The predicted molar refractivity (Wildman–Crippen MR) is 84.6 cm³/mol. The number of hydrogen-bond acceptors (Lipinski definition) is 1. The molecular formula is C18H29N. The van der Waals surface area contributed by atoms with Crippen molar-refractivity contribution >= 4 is 5.69 Å². The van der Waals surface area contributed by atoms with E-state index in [9.17, 15) is 0 Å². The van der Waals surface area contributed by atoms with Crippen LogP contribution < -0.4 is 5.32 Å². The summed E-state index contributed by atoms with van der Waals surface area (Å²) in [6.45, 7) is 6.92. The van der Waals surface area contributed by atoms with E-state index in [1.54, 1.807) is 0 Å². The number of aryl methyl sites for hydroxylation is 1. The Kier molecular flexibility index (Phi) is 5.30.